The Bertz CT molecular complexity index is 678. The van der Waals surface area contributed by atoms with E-state index in [1.54, 1.807) is 13.8 Å². The van der Waals surface area contributed by atoms with Gasteiger partial charge >= 0.3 is 5.97 Å². The van der Waals surface area contributed by atoms with E-state index in [1.807, 2.05) is 42.5 Å². The van der Waals surface area contributed by atoms with Crippen molar-refractivity contribution in [2.24, 2.45) is 0 Å². The van der Waals surface area contributed by atoms with Crippen LogP contribution >= 0.6 is 0 Å². The number of fused-ring (bicyclic) bond motifs is 1. The first kappa shape index (κ1) is 15.8. The van der Waals surface area contributed by atoms with Gasteiger partial charge in [-0.1, -0.05) is 36.4 Å². The fourth-order valence-corrected chi connectivity index (χ4v) is 2.22. The largest absolute Gasteiger partial charge is 0.481 e. The van der Waals surface area contributed by atoms with Gasteiger partial charge in [-0.2, -0.15) is 0 Å². The number of nitrogens with one attached hydrogen (secondary N) is 1. The number of hydrogen-bond acceptors (Lipinski definition) is 3. The van der Waals surface area contributed by atoms with Crippen LogP contribution in [0.1, 0.15) is 20.3 Å². The zero-order valence-electron chi connectivity index (χ0n) is 12.6. The Kier molecular flexibility index (Phi) is 4.99. The highest BCUT2D eigenvalue weighted by molar-refractivity contribution is 5.89. The van der Waals surface area contributed by atoms with Gasteiger partial charge in [0, 0.05) is 11.4 Å². The predicted molar refractivity (Wildman–Crippen MR) is 83.9 cm³/mol. The number of rotatable bonds is 6. The van der Waals surface area contributed by atoms with Crippen molar-refractivity contribution in [2.75, 3.05) is 0 Å². The summed E-state index contributed by atoms with van der Waals surface area (Å²) in [7, 11) is 0. The molecule has 0 bridgehead atoms. The summed E-state index contributed by atoms with van der Waals surface area (Å²) in [6.07, 6.45) is -0.825. The number of carbonyl (C=O) groups is 2. The number of carbonyl (C=O) groups excluding carboxylic acids is 1. The second-order valence-electron chi connectivity index (χ2n) is 5.24. The molecular weight excluding hydrogens is 282 g/mol. The number of hydrogen-bond donors (Lipinski definition) is 2. The second-order valence-corrected chi connectivity index (χ2v) is 5.24. The maximum Gasteiger partial charge on any atom is 0.305 e. The van der Waals surface area contributed by atoms with Crippen LogP contribution in [0.5, 0.6) is 5.75 Å². The zero-order chi connectivity index (χ0) is 16.1. The van der Waals surface area contributed by atoms with Crippen molar-refractivity contribution < 1.29 is 19.4 Å². The summed E-state index contributed by atoms with van der Waals surface area (Å²) in [6, 6.07) is 13.0. The molecule has 22 heavy (non-hydrogen) atoms. The Morgan fingerprint density at radius 1 is 1.14 bits per heavy atom. The molecule has 0 saturated heterocycles. The lowest BCUT2D eigenvalue weighted by Gasteiger charge is -2.18. The molecule has 0 radical (unpaired) electrons. The minimum atomic E-state index is -0.949. The van der Waals surface area contributed by atoms with Crippen molar-refractivity contribution >= 4 is 22.6 Å². The lowest BCUT2D eigenvalue weighted by molar-refractivity contribution is -0.137. The molecule has 0 aromatic heterocycles. The van der Waals surface area contributed by atoms with E-state index in [0.717, 1.165) is 10.8 Å². The Morgan fingerprint density at radius 2 is 1.82 bits per heavy atom. The average molecular weight is 301 g/mol. The molecule has 2 aromatic carbocycles. The number of aliphatic carboxylic acids is 1. The summed E-state index contributed by atoms with van der Waals surface area (Å²) in [4.78, 5) is 22.7. The molecule has 2 atom stereocenters. The van der Waals surface area contributed by atoms with Crippen molar-refractivity contribution in [1.82, 2.24) is 5.32 Å². The monoisotopic (exact) mass is 301 g/mol. The number of amides is 1. The Balaban J connectivity index is 2.05. The van der Waals surface area contributed by atoms with Gasteiger partial charge in [0.15, 0.2) is 6.10 Å². The normalized spacial score (nSPS) is 13.4. The highest BCUT2D eigenvalue weighted by Crippen LogP contribution is 2.26. The molecule has 0 aliphatic heterocycles. The standard InChI is InChI=1S/C17H19NO4/c1-11(10-16(19)20)18-17(21)12(2)22-15-9-5-7-13-6-3-4-8-14(13)15/h3-9,11-12H,10H2,1-2H3,(H,18,21)(H,19,20). The van der Waals surface area contributed by atoms with Crippen molar-refractivity contribution in [3.8, 4) is 5.75 Å². The molecule has 2 aromatic rings. The summed E-state index contributed by atoms with van der Waals surface area (Å²) in [5, 5.41) is 13.3. The van der Waals surface area contributed by atoms with E-state index in [2.05, 4.69) is 5.32 Å². The quantitative estimate of drug-likeness (QED) is 0.860. The van der Waals surface area contributed by atoms with E-state index in [-0.39, 0.29) is 12.3 Å². The SMILES string of the molecule is CC(CC(=O)O)NC(=O)C(C)Oc1cccc2ccccc12. The Hall–Kier alpha value is -2.56. The first-order valence-electron chi connectivity index (χ1n) is 7.14. The minimum absolute atomic E-state index is 0.118. The van der Waals surface area contributed by atoms with Gasteiger partial charge in [0.1, 0.15) is 5.75 Å². The van der Waals surface area contributed by atoms with Crippen LogP contribution in [0.15, 0.2) is 42.5 Å². The summed E-state index contributed by atoms with van der Waals surface area (Å²) in [5.41, 5.74) is 0. The molecule has 116 valence electrons. The first-order chi connectivity index (χ1) is 10.5. The van der Waals surface area contributed by atoms with Crippen LogP contribution in [0, 0.1) is 0 Å². The number of ether oxygens (including phenoxy) is 1. The summed E-state index contributed by atoms with van der Waals surface area (Å²) < 4.78 is 5.74. The van der Waals surface area contributed by atoms with Gasteiger partial charge in [-0.05, 0) is 25.3 Å². The van der Waals surface area contributed by atoms with Gasteiger partial charge in [0.2, 0.25) is 0 Å². The van der Waals surface area contributed by atoms with Crippen LogP contribution in [0.2, 0.25) is 0 Å². The van der Waals surface area contributed by atoms with E-state index in [9.17, 15) is 9.59 Å². The van der Waals surface area contributed by atoms with E-state index in [0.29, 0.717) is 5.75 Å². The fraction of sp³-hybridized carbons (Fsp3) is 0.294. The molecule has 0 fully saturated rings. The Labute approximate surface area is 128 Å². The molecule has 2 unspecified atom stereocenters. The second kappa shape index (κ2) is 6.93. The third kappa shape index (κ3) is 3.97. The average Bonchev–Trinajstić information content (AvgIpc) is 2.46. The van der Waals surface area contributed by atoms with Crippen LogP contribution < -0.4 is 10.1 Å². The van der Waals surface area contributed by atoms with Crippen LogP contribution in [0.3, 0.4) is 0 Å². The lowest BCUT2D eigenvalue weighted by atomic mass is 10.1. The molecule has 0 saturated carbocycles. The zero-order valence-corrected chi connectivity index (χ0v) is 12.6. The van der Waals surface area contributed by atoms with Gasteiger partial charge in [-0.25, -0.2) is 0 Å². The molecule has 5 heteroatoms. The van der Waals surface area contributed by atoms with E-state index >= 15 is 0 Å². The van der Waals surface area contributed by atoms with Crippen LogP contribution in [-0.4, -0.2) is 29.1 Å². The molecule has 0 spiro atoms. The topological polar surface area (TPSA) is 75.6 Å². The third-order valence-electron chi connectivity index (χ3n) is 3.29. The van der Waals surface area contributed by atoms with Crippen molar-refractivity contribution in [3.63, 3.8) is 0 Å². The molecule has 5 nitrogen and oxygen atoms in total. The first-order valence-corrected chi connectivity index (χ1v) is 7.14. The summed E-state index contributed by atoms with van der Waals surface area (Å²) >= 11 is 0. The molecule has 2 N–H and O–H groups in total. The Morgan fingerprint density at radius 3 is 2.55 bits per heavy atom. The molecular formula is C17H19NO4. The highest BCUT2D eigenvalue weighted by atomic mass is 16.5. The maximum atomic E-state index is 12.0. The lowest BCUT2D eigenvalue weighted by Crippen LogP contribution is -2.42. The van der Waals surface area contributed by atoms with Crippen molar-refractivity contribution in [2.45, 2.75) is 32.4 Å². The van der Waals surface area contributed by atoms with Gasteiger partial charge in [-0.15, -0.1) is 0 Å². The smallest absolute Gasteiger partial charge is 0.305 e. The molecule has 0 aliphatic rings. The van der Waals surface area contributed by atoms with Gasteiger partial charge in [0.25, 0.3) is 5.91 Å². The molecule has 0 aliphatic carbocycles. The van der Waals surface area contributed by atoms with E-state index in [4.69, 9.17) is 9.84 Å². The minimum Gasteiger partial charge on any atom is -0.481 e. The van der Waals surface area contributed by atoms with E-state index in [1.165, 1.54) is 0 Å². The summed E-state index contributed by atoms with van der Waals surface area (Å²) in [6.45, 7) is 3.29. The molecule has 0 heterocycles. The van der Waals surface area contributed by atoms with Crippen LogP contribution in [0.4, 0.5) is 0 Å². The third-order valence-corrected chi connectivity index (χ3v) is 3.29. The molecule has 1 amide bonds. The number of benzene rings is 2. The number of carboxylic acid groups (broad SMARTS) is 1. The highest BCUT2D eigenvalue weighted by Gasteiger charge is 2.18. The van der Waals surface area contributed by atoms with Crippen molar-refractivity contribution in [1.29, 1.82) is 0 Å². The predicted octanol–water partition coefficient (Wildman–Crippen LogP) is 2.59. The molecule has 2 rings (SSSR count). The van der Waals surface area contributed by atoms with Crippen molar-refractivity contribution in [3.05, 3.63) is 42.5 Å². The number of carboxylic acids is 1. The van der Waals surface area contributed by atoms with Gasteiger partial charge < -0.3 is 15.2 Å². The van der Waals surface area contributed by atoms with Gasteiger partial charge in [-0.3, -0.25) is 9.59 Å². The van der Waals surface area contributed by atoms with Crippen LogP contribution in [0.25, 0.3) is 10.8 Å². The maximum absolute atomic E-state index is 12.0. The fourth-order valence-electron chi connectivity index (χ4n) is 2.22. The van der Waals surface area contributed by atoms with Gasteiger partial charge in [0.05, 0.1) is 6.42 Å². The van der Waals surface area contributed by atoms with Crippen LogP contribution in [-0.2, 0) is 9.59 Å². The summed E-state index contributed by atoms with van der Waals surface area (Å²) in [5.74, 6) is -0.649. The van der Waals surface area contributed by atoms with E-state index < -0.39 is 18.1 Å².